The van der Waals surface area contributed by atoms with Crippen molar-refractivity contribution in [2.24, 2.45) is 0 Å². The van der Waals surface area contributed by atoms with Crippen LogP contribution in [-0.2, 0) is 10.8 Å². The second kappa shape index (κ2) is 9.46. The van der Waals surface area contributed by atoms with Gasteiger partial charge >= 0.3 is 0 Å². The van der Waals surface area contributed by atoms with Crippen LogP contribution in [0.3, 0.4) is 0 Å². The van der Waals surface area contributed by atoms with Crippen LogP contribution in [0.5, 0.6) is 0 Å². The minimum Gasteiger partial charge on any atom is -0.256 e. The van der Waals surface area contributed by atoms with E-state index in [9.17, 15) is 0 Å². The van der Waals surface area contributed by atoms with Gasteiger partial charge in [-0.1, -0.05) is 96.1 Å². The maximum atomic E-state index is 4.92. The quantitative estimate of drug-likeness (QED) is 0.160. The predicted octanol–water partition coefficient (Wildman–Crippen LogP) is 10.4. The summed E-state index contributed by atoms with van der Waals surface area (Å²) < 4.78 is 0. The Kier molecular flexibility index (Phi) is 5.92. The molecule has 7 rings (SSSR count). The summed E-state index contributed by atoms with van der Waals surface area (Å²) >= 11 is 0. The lowest BCUT2D eigenvalue weighted by atomic mass is 9.73. The molecule has 0 saturated heterocycles. The van der Waals surface area contributed by atoms with E-state index in [1.165, 1.54) is 43.6 Å². The molecule has 0 N–H and O–H groups in total. The van der Waals surface area contributed by atoms with E-state index in [-0.39, 0.29) is 10.8 Å². The summed E-state index contributed by atoms with van der Waals surface area (Å²) in [5.41, 5.74) is 8.87. The summed E-state index contributed by atoms with van der Waals surface area (Å²) in [4.78, 5) is 14.4. The lowest BCUT2D eigenvalue weighted by Gasteiger charge is -2.31. The third-order valence-electron chi connectivity index (χ3n) is 8.34. The van der Waals surface area contributed by atoms with Gasteiger partial charge in [-0.15, -0.1) is 0 Å². The first-order valence-electron chi connectivity index (χ1n) is 14.7. The van der Waals surface area contributed by atoms with E-state index in [2.05, 4.69) is 107 Å². The molecule has 0 atom stereocenters. The molecule has 0 saturated carbocycles. The van der Waals surface area contributed by atoms with Crippen LogP contribution < -0.4 is 0 Å². The highest BCUT2D eigenvalue weighted by molar-refractivity contribution is 6.16. The first-order chi connectivity index (χ1) is 20.1. The first-order valence-corrected chi connectivity index (χ1v) is 14.7. The Morgan fingerprint density at radius 3 is 1.98 bits per heavy atom. The molecule has 0 aliphatic heterocycles. The Balaban J connectivity index is 1.45. The second-order valence-corrected chi connectivity index (χ2v) is 13.4. The van der Waals surface area contributed by atoms with Crippen LogP contribution in [0.25, 0.3) is 65.7 Å². The van der Waals surface area contributed by atoms with E-state index in [4.69, 9.17) is 9.97 Å². The van der Waals surface area contributed by atoms with Crippen molar-refractivity contribution in [3.63, 3.8) is 0 Å². The summed E-state index contributed by atoms with van der Waals surface area (Å²) in [7, 11) is 0. The zero-order chi connectivity index (χ0) is 29.2. The van der Waals surface area contributed by atoms with Crippen molar-refractivity contribution in [1.29, 1.82) is 0 Å². The summed E-state index contributed by atoms with van der Waals surface area (Å²) in [6.07, 6.45) is 5.82. The third-order valence-corrected chi connectivity index (χ3v) is 8.34. The Hall–Kier alpha value is -4.63. The lowest BCUT2D eigenvalue weighted by molar-refractivity contribution is 0.593. The van der Waals surface area contributed by atoms with Gasteiger partial charge in [0.1, 0.15) is 0 Å². The maximum Gasteiger partial charge on any atom is 0.0783 e. The normalized spacial score (nSPS) is 12.5. The fourth-order valence-electron chi connectivity index (χ4n) is 6.57. The number of pyridine rings is 3. The summed E-state index contributed by atoms with van der Waals surface area (Å²) in [5, 5.41) is 7.47. The average molecular weight is 546 g/mol. The number of rotatable bonds is 2. The van der Waals surface area contributed by atoms with Crippen LogP contribution in [-0.4, -0.2) is 15.0 Å². The van der Waals surface area contributed by atoms with Crippen LogP contribution >= 0.6 is 0 Å². The SMILES string of the molecule is CC(C)(C)c1c2cc(-c3ccc(-c4cnc5ccccc5c4)nc3)ccc2c(C(C)(C)C)c2c1ccc1cccnc12. The fourth-order valence-corrected chi connectivity index (χ4v) is 6.57. The average Bonchev–Trinajstić information content (AvgIpc) is 2.98. The van der Waals surface area contributed by atoms with Gasteiger partial charge in [0.2, 0.25) is 0 Å². The monoisotopic (exact) mass is 545 g/mol. The van der Waals surface area contributed by atoms with Crippen LogP contribution in [0, 0.1) is 0 Å². The molecule has 0 fully saturated rings. The van der Waals surface area contributed by atoms with Crippen molar-refractivity contribution >= 4 is 43.4 Å². The van der Waals surface area contributed by atoms with Gasteiger partial charge < -0.3 is 0 Å². The molecule has 0 amide bonds. The summed E-state index contributed by atoms with van der Waals surface area (Å²) in [5.74, 6) is 0. The number of hydrogen-bond donors (Lipinski definition) is 0. The van der Waals surface area contributed by atoms with Gasteiger partial charge in [0, 0.05) is 45.9 Å². The summed E-state index contributed by atoms with van der Waals surface area (Å²) in [6.45, 7) is 13.9. The largest absolute Gasteiger partial charge is 0.256 e. The van der Waals surface area contributed by atoms with E-state index in [0.29, 0.717) is 0 Å². The van der Waals surface area contributed by atoms with Gasteiger partial charge in [0.25, 0.3) is 0 Å². The Bertz CT molecular complexity index is 2140. The number of benzene rings is 4. The van der Waals surface area contributed by atoms with Gasteiger partial charge in [-0.05, 0) is 74.0 Å². The molecule has 206 valence electrons. The highest BCUT2D eigenvalue weighted by atomic mass is 14.7. The van der Waals surface area contributed by atoms with E-state index in [1.807, 2.05) is 42.9 Å². The van der Waals surface area contributed by atoms with Gasteiger partial charge in [-0.25, -0.2) is 0 Å². The topological polar surface area (TPSA) is 38.7 Å². The highest BCUT2D eigenvalue weighted by Crippen LogP contribution is 2.46. The Morgan fingerprint density at radius 2 is 1.21 bits per heavy atom. The second-order valence-electron chi connectivity index (χ2n) is 13.4. The molecule has 0 unspecified atom stereocenters. The van der Waals surface area contributed by atoms with Crippen molar-refractivity contribution in [3.8, 4) is 22.4 Å². The van der Waals surface area contributed by atoms with E-state index < -0.39 is 0 Å². The van der Waals surface area contributed by atoms with Gasteiger partial charge in [-0.3, -0.25) is 15.0 Å². The third kappa shape index (κ3) is 4.32. The van der Waals surface area contributed by atoms with Crippen molar-refractivity contribution in [2.45, 2.75) is 52.4 Å². The lowest BCUT2D eigenvalue weighted by Crippen LogP contribution is -2.18. The molecule has 3 heteroatoms. The molecule has 7 aromatic rings. The van der Waals surface area contributed by atoms with E-state index in [1.54, 1.807) is 0 Å². The minimum atomic E-state index is -0.0721. The van der Waals surface area contributed by atoms with Crippen LogP contribution in [0.1, 0.15) is 52.7 Å². The number of aromatic nitrogens is 3. The molecule has 4 aromatic carbocycles. The molecule has 3 heterocycles. The van der Waals surface area contributed by atoms with Crippen LogP contribution in [0.2, 0.25) is 0 Å². The zero-order valence-corrected chi connectivity index (χ0v) is 25.2. The zero-order valence-electron chi connectivity index (χ0n) is 25.2. The standard InChI is InChI=1S/C39H35N3/c1-38(2,3)35-30-17-13-24-11-9-19-40-37(24)34(30)36(39(4,5)6)29-16-14-25(21-31(29)35)27-15-18-33(41-22-27)28-20-26-10-7-8-12-32(26)42-23-28/h7-23H,1-6H3. The Morgan fingerprint density at radius 1 is 0.500 bits per heavy atom. The van der Waals surface area contributed by atoms with Crippen LogP contribution in [0.4, 0.5) is 0 Å². The van der Waals surface area contributed by atoms with Crippen molar-refractivity contribution in [1.82, 2.24) is 15.0 Å². The van der Waals surface area contributed by atoms with E-state index in [0.717, 1.165) is 33.2 Å². The molecular weight excluding hydrogens is 510 g/mol. The molecule has 0 aliphatic carbocycles. The van der Waals surface area contributed by atoms with Crippen molar-refractivity contribution in [2.75, 3.05) is 0 Å². The number of fused-ring (bicyclic) bond motifs is 5. The predicted molar refractivity (Wildman–Crippen MR) is 178 cm³/mol. The number of para-hydroxylation sites is 1. The molecule has 3 aromatic heterocycles. The molecule has 0 spiro atoms. The molecule has 42 heavy (non-hydrogen) atoms. The molecule has 3 nitrogen and oxygen atoms in total. The summed E-state index contributed by atoms with van der Waals surface area (Å²) in [6, 6.07) is 30.3. The van der Waals surface area contributed by atoms with Gasteiger partial charge in [-0.2, -0.15) is 0 Å². The first kappa shape index (κ1) is 26.3. The van der Waals surface area contributed by atoms with Gasteiger partial charge in [0.15, 0.2) is 0 Å². The van der Waals surface area contributed by atoms with Crippen molar-refractivity contribution in [3.05, 3.63) is 115 Å². The molecule has 0 bridgehead atoms. The maximum absolute atomic E-state index is 4.92. The van der Waals surface area contributed by atoms with E-state index >= 15 is 0 Å². The van der Waals surface area contributed by atoms with Gasteiger partial charge in [0.05, 0.1) is 16.7 Å². The Labute approximate surface area is 247 Å². The smallest absolute Gasteiger partial charge is 0.0783 e. The number of nitrogens with zero attached hydrogens (tertiary/aromatic N) is 3. The minimum absolute atomic E-state index is 0.0703. The molecule has 0 radical (unpaired) electrons. The number of hydrogen-bond acceptors (Lipinski definition) is 3. The molecular formula is C39H35N3. The molecule has 0 aliphatic rings. The van der Waals surface area contributed by atoms with Crippen LogP contribution in [0.15, 0.2) is 104 Å². The fraction of sp³-hybridized carbons (Fsp3) is 0.205. The highest BCUT2D eigenvalue weighted by Gasteiger charge is 2.29. The van der Waals surface area contributed by atoms with Crippen molar-refractivity contribution < 1.29 is 0 Å².